The van der Waals surface area contributed by atoms with Crippen molar-refractivity contribution in [2.75, 3.05) is 0 Å². The first-order valence-electron chi connectivity index (χ1n) is 10.5. The Morgan fingerprint density at radius 3 is 1.46 bits per heavy atom. The van der Waals surface area contributed by atoms with E-state index >= 15 is 0 Å². The molecule has 0 aliphatic rings. The highest BCUT2D eigenvalue weighted by Crippen LogP contribution is 2.31. The summed E-state index contributed by atoms with van der Waals surface area (Å²) < 4.78 is 0. The Labute approximate surface area is 162 Å². The number of unbranched alkanes of at least 4 members (excludes halogenated alkanes) is 4. The van der Waals surface area contributed by atoms with Crippen molar-refractivity contribution in [1.29, 1.82) is 0 Å². The lowest BCUT2D eigenvalue weighted by Gasteiger charge is -2.18. The fourth-order valence-corrected chi connectivity index (χ4v) is 3.42. The molecule has 0 atom stereocenters. The van der Waals surface area contributed by atoms with Gasteiger partial charge in [-0.15, -0.1) is 0 Å². The van der Waals surface area contributed by atoms with Gasteiger partial charge < -0.3 is 10.2 Å². The fourth-order valence-electron chi connectivity index (χ4n) is 3.42. The van der Waals surface area contributed by atoms with Gasteiger partial charge in [-0.1, -0.05) is 67.2 Å². The lowest BCUT2D eigenvalue weighted by Crippen LogP contribution is -2.04. The van der Waals surface area contributed by atoms with Gasteiger partial charge in [-0.2, -0.15) is 0 Å². The predicted octanol–water partition coefficient (Wildman–Crippen LogP) is 7.40. The van der Waals surface area contributed by atoms with Crippen molar-refractivity contribution in [1.82, 2.24) is 0 Å². The van der Waals surface area contributed by atoms with Crippen molar-refractivity contribution < 1.29 is 10.2 Å². The van der Waals surface area contributed by atoms with Crippen LogP contribution >= 0.6 is 0 Å². The minimum absolute atomic E-state index is 0.288. The molecule has 0 bridgehead atoms. The number of aryl methyl sites for hydroxylation is 2. The summed E-state index contributed by atoms with van der Waals surface area (Å²) in [5, 5.41) is 20.6. The van der Waals surface area contributed by atoms with E-state index in [1.807, 2.05) is 0 Å². The molecule has 1 aromatic rings. The first-order valence-corrected chi connectivity index (χ1v) is 10.5. The smallest absolute Gasteiger partial charge is 0.122 e. The van der Waals surface area contributed by atoms with Crippen LogP contribution in [0, 0.1) is 10.8 Å². The van der Waals surface area contributed by atoms with E-state index in [9.17, 15) is 10.2 Å². The molecule has 0 radical (unpaired) electrons. The van der Waals surface area contributed by atoms with Gasteiger partial charge in [0.15, 0.2) is 0 Å². The monoisotopic (exact) mass is 362 g/mol. The molecule has 0 aliphatic carbocycles. The average Bonchev–Trinajstić information content (AvgIpc) is 2.49. The number of aromatic hydroxyl groups is 2. The maximum atomic E-state index is 10.6. The van der Waals surface area contributed by atoms with Crippen LogP contribution < -0.4 is 0 Å². The van der Waals surface area contributed by atoms with Crippen LogP contribution in [0.25, 0.3) is 0 Å². The molecule has 1 rings (SSSR count). The molecule has 0 aliphatic heterocycles. The highest BCUT2D eigenvalue weighted by Gasteiger charge is 2.13. The van der Waals surface area contributed by atoms with Crippen molar-refractivity contribution in [2.45, 2.75) is 106 Å². The zero-order valence-electron chi connectivity index (χ0n) is 18.1. The van der Waals surface area contributed by atoms with Gasteiger partial charge >= 0.3 is 0 Å². The molecule has 1 aromatic carbocycles. The lowest BCUT2D eigenvalue weighted by molar-refractivity contribution is 0.357. The highest BCUT2D eigenvalue weighted by molar-refractivity contribution is 5.46. The third kappa shape index (κ3) is 10.1. The van der Waals surface area contributed by atoms with Crippen molar-refractivity contribution in [3.05, 3.63) is 23.3 Å². The number of rotatable bonds is 10. The molecule has 0 heterocycles. The number of phenols is 2. The van der Waals surface area contributed by atoms with E-state index in [-0.39, 0.29) is 5.75 Å². The van der Waals surface area contributed by atoms with Gasteiger partial charge in [0.1, 0.15) is 11.5 Å². The van der Waals surface area contributed by atoms with E-state index in [0.29, 0.717) is 16.6 Å². The van der Waals surface area contributed by atoms with Gasteiger partial charge in [-0.3, -0.25) is 0 Å². The molecule has 0 saturated carbocycles. The summed E-state index contributed by atoms with van der Waals surface area (Å²) in [6, 6.07) is 3.47. The second-order valence-electron chi connectivity index (χ2n) is 10.4. The van der Waals surface area contributed by atoms with E-state index in [2.05, 4.69) is 41.5 Å². The van der Waals surface area contributed by atoms with Crippen LogP contribution in [0.2, 0.25) is 0 Å². The van der Waals surface area contributed by atoms with Gasteiger partial charge in [-0.25, -0.2) is 0 Å². The van der Waals surface area contributed by atoms with E-state index < -0.39 is 0 Å². The number of hydrogen-bond donors (Lipinski definition) is 2. The maximum Gasteiger partial charge on any atom is 0.122 e. The number of phenolic OH excluding ortho intramolecular Hbond substituents is 2. The minimum atomic E-state index is 0.288. The highest BCUT2D eigenvalue weighted by atomic mass is 16.3. The average molecular weight is 363 g/mol. The van der Waals surface area contributed by atoms with Crippen LogP contribution in [0.5, 0.6) is 11.5 Å². The second-order valence-corrected chi connectivity index (χ2v) is 10.4. The van der Waals surface area contributed by atoms with Crippen LogP contribution in [0.4, 0.5) is 0 Å². The van der Waals surface area contributed by atoms with E-state index in [1.54, 1.807) is 12.1 Å². The van der Waals surface area contributed by atoms with Gasteiger partial charge in [0.05, 0.1) is 0 Å². The van der Waals surface area contributed by atoms with E-state index in [0.717, 1.165) is 43.2 Å². The maximum absolute atomic E-state index is 10.6. The molecule has 0 fully saturated rings. The van der Waals surface area contributed by atoms with Gasteiger partial charge in [0.2, 0.25) is 0 Å². The summed E-state index contributed by atoms with van der Waals surface area (Å²) in [7, 11) is 0. The van der Waals surface area contributed by atoms with Gasteiger partial charge in [0.25, 0.3) is 0 Å². The minimum Gasteiger partial charge on any atom is -0.508 e. The Morgan fingerprint density at radius 2 is 1.00 bits per heavy atom. The van der Waals surface area contributed by atoms with Crippen molar-refractivity contribution in [3.8, 4) is 11.5 Å². The van der Waals surface area contributed by atoms with Crippen molar-refractivity contribution in [3.63, 3.8) is 0 Å². The molecule has 26 heavy (non-hydrogen) atoms. The van der Waals surface area contributed by atoms with Crippen LogP contribution in [0.3, 0.4) is 0 Å². The summed E-state index contributed by atoms with van der Waals surface area (Å²) in [6.07, 6.45) is 11.1. The molecule has 2 nitrogen and oxygen atoms in total. The standard InChI is InChI=1S/C24H42O2/c1-23(2,3)15-11-8-7-9-13-19-17-21(25)18-20(22(19)26)14-10-12-16-24(4,5)6/h17-18,25-26H,7-16H2,1-6H3. The first kappa shape index (κ1) is 22.9. The summed E-state index contributed by atoms with van der Waals surface area (Å²) in [5.74, 6) is 0.699. The van der Waals surface area contributed by atoms with E-state index in [1.165, 1.54) is 32.1 Å². The Morgan fingerprint density at radius 1 is 0.615 bits per heavy atom. The zero-order valence-corrected chi connectivity index (χ0v) is 18.1. The van der Waals surface area contributed by atoms with E-state index in [4.69, 9.17) is 0 Å². The van der Waals surface area contributed by atoms with Crippen LogP contribution in [-0.4, -0.2) is 10.2 Å². The largest absolute Gasteiger partial charge is 0.508 e. The molecule has 0 amide bonds. The molecule has 0 saturated heterocycles. The van der Waals surface area contributed by atoms with Crippen LogP contribution in [0.15, 0.2) is 12.1 Å². The Balaban J connectivity index is 2.45. The second kappa shape index (κ2) is 10.2. The van der Waals surface area contributed by atoms with Crippen LogP contribution in [-0.2, 0) is 12.8 Å². The molecule has 0 unspecified atom stereocenters. The molecule has 0 aromatic heterocycles. The molecule has 0 spiro atoms. The van der Waals surface area contributed by atoms with Gasteiger partial charge in [-0.05, 0) is 72.6 Å². The van der Waals surface area contributed by atoms with Gasteiger partial charge in [0, 0.05) is 0 Å². The molecule has 150 valence electrons. The molecular formula is C24H42O2. The summed E-state index contributed by atoms with van der Waals surface area (Å²) in [5.41, 5.74) is 2.60. The Bertz CT molecular complexity index is 532. The number of hydrogen-bond acceptors (Lipinski definition) is 2. The lowest BCUT2D eigenvalue weighted by atomic mass is 9.88. The topological polar surface area (TPSA) is 40.5 Å². The number of benzene rings is 1. The Hall–Kier alpha value is -1.18. The summed E-state index contributed by atoms with van der Waals surface area (Å²) in [4.78, 5) is 0. The third-order valence-electron chi connectivity index (χ3n) is 5.00. The fraction of sp³-hybridized carbons (Fsp3) is 0.750. The summed E-state index contributed by atoms with van der Waals surface area (Å²) >= 11 is 0. The summed E-state index contributed by atoms with van der Waals surface area (Å²) in [6.45, 7) is 13.7. The van der Waals surface area contributed by atoms with Crippen LogP contribution in [0.1, 0.15) is 104 Å². The molecular weight excluding hydrogens is 320 g/mol. The normalized spacial score (nSPS) is 12.5. The molecule has 2 heteroatoms. The third-order valence-corrected chi connectivity index (χ3v) is 5.00. The molecule has 2 N–H and O–H groups in total. The SMILES string of the molecule is CC(C)(C)CCCCCCc1cc(O)cc(CCCCC(C)(C)C)c1O. The Kier molecular flexibility index (Phi) is 9.00. The zero-order chi connectivity index (χ0) is 19.8. The van der Waals surface area contributed by atoms with Crippen molar-refractivity contribution in [2.24, 2.45) is 10.8 Å². The quantitative estimate of drug-likeness (QED) is 0.336. The predicted molar refractivity (Wildman–Crippen MR) is 113 cm³/mol. The van der Waals surface area contributed by atoms with Crippen molar-refractivity contribution >= 4 is 0 Å². The first-order chi connectivity index (χ1) is 12.0.